The van der Waals surface area contributed by atoms with E-state index in [0.29, 0.717) is 0 Å². The minimum atomic E-state index is -0.255. The van der Waals surface area contributed by atoms with Gasteiger partial charge in [0.1, 0.15) is 0 Å². The van der Waals surface area contributed by atoms with Crippen LogP contribution in [0.3, 0.4) is 0 Å². The molecule has 0 atom stereocenters. The molecule has 0 aromatic rings. The Morgan fingerprint density at radius 3 is 1.10 bits per heavy atom. The Labute approximate surface area is 61.6 Å². The summed E-state index contributed by atoms with van der Waals surface area (Å²) >= 11 is 0. The second kappa shape index (κ2) is 3.49. The molecule has 58 valence electrons. The molecule has 0 radical (unpaired) electrons. The van der Waals surface area contributed by atoms with Gasteiger partial charge in [0.2, 0.25) is 11.6 Å². The lowest BCUT2D eigenvalue weighted by Crippen LogP contribution is -2.23. The summed E-state index contributed by atoms with van der Waals surface area (Å²) < 4.78 is 0. The Kier molecular flexibility index (Phi) is 3.26. The van der Waals surface area contributed by atoms with Gasteiger partial charge in [-0.1, -0.05) is 27.7 Å². The van der Waals surface area contributed by atoms with E-state index in [1.165, 1.54) is 0 Å². The largest absolute Gasteiger partial charge is 0.291 e. The van der Waals surface area contributed by atoms with Crippen molar-refractivity contribution >= 4 is 11.6 Å². The molecule has 0 aliphatic carbocycles. The zero-order valence-electron chi connectivity index (χ0n) is 6.97. The van der Waals surface area contributed by atoms with E-state index < -0.39 is 0 Å². The van der Waals surface area contributed by atoms with Crippen LogP contribution in [0, 0.1) is 11.8 Å². The van der Waals surface area contributed by atoms with Crippen LogP contribution in [0.1, 0.15) is 27.7 Å². The predicted molar refractivity (Wildman–Crippen MR) is 39.7 cm³/mol. The average molecular weight is 142 g/mol. The van der Waals surface area contributed by atoms with E-state index in [2.05, 4.69) is 0 Å². The van der Waals surface area contributed by atoms with Crippen LogP contribution in [0.25, 0.3) is 0 Å². The second-order valence-electron chi connectivity index (χ2n) is 3.04. The van der Waals surface area contributed by atoms with E-state index in [4.69, 9.17) is 0 Å². The Hall–Kier alpha value is -0.660. The van der Waals surface area contributed by atoms with Crippen molar-refractivity contribution in [1.82, 2.24) is 0 Å². The number of hydrogen-bond acceptors (Lipinski definition) is 2. The van der Waals surface area contributed by atoms with Gasteiger partial charge in [0.15, 0.2) is 0 Å². The number of carbonyl (C=O) groups excluding carboxylic acids is 2. The Balaban J connectivity index is 4.10. The van der Waals surface area contributed by atoms with E-state index in [1.54, 1.807) is 27.7 Å². The van der Waals surface area contributed by atoms with E-state index in [1.807, 2.05) is 0 Å². The third-order valence-electron chi connectivity index (χ3n) is 1.29. The molecule has 0 unspecified atom stereocenters. The van der Waals surface area contributed by atoms with Crippen LogP contribution in [-0.2, 0) is 9.59 Å². The Morgan fingerprint density at radius 2 is 1.00 bits per heavy atom. The van der Waals surface area contributed by atoms with Gasteiger partial charge in [-0.15, -0.1) is 0 Å². The van der Waals surface area contributed by atoms with Crippen LogP contribution in [0.15, 0.2) is 0 Å². The maximum absolute atomic E-state index is 10.9. The summed E-state index contributed by atoms with van der Waals surface area (Å²) in [6.07, 6.45) is 0. The van der Waals surface area contributed by atoms with Gasteiger partial charge >= 0.3 is 0 Å². The number of Topliss-reactive ketones (excluding diaryl/α,β-unsaturated/α-hetero) is 2. The van der Waals surface area contributed by atoms with Gasteiger partial charge in [-0.2, -0.15) is 0 Å². The summed E-state index contributed by atoms with van der Waals surface area (Å²) in [4.78, 5) is 21.9. The summed E-state index contributed by atoms with van der Waals surface area (Å²) in [5, 5.41) is 0. The van der Waals surface area contributed by atoms with E-state index in [0.717, 1.165) is 0 Å². The summed E-state index contributed by atoms with van der Waals surface area (Å²) in [6, 6.07) is 0. The van der Waals surface area contributed by atoms with Crippen molar-refractivity contribution < 1.29 is 9.59 Å². The normalized spacial score (nSPS) is 10.6. The zero-order chi connectivity index (χ0) is 8.31. The molecule has 0 amide bonds. The molecule has 0 aliphatic heterocycles. The first-order chi connectivity index (χ1) is 4.46. The molecule has 0 fully saturated rings. The minimum Gasteiger partial charge on any atom is -0.291 e. The molecule has 0 aromatic heterocycles. The number of ketones is 2. The molecule has 0 N–H and O–H groups in total. The third kappa shape index (κ3) is 2.29. The molecule has 0 aliphatic rings. The molecule has 0 bridgehead atoms. The van der Waals surface area contributed by atoms with Crippen molar-refractivity contribution in [3.8, 4) is 0 Å². The van der Waals surface area contributed by atoms with Gasteiger partial charge in [0, 0.05) is 11.8 Å². The van der Waals surface area contributed by atoms with Crippen LogP contribution in [0.5, 0.6) is 0 Å². The summed E-state index contributed by atoms with van der Waals surface area (Å²) in [6.45, 7) is 6.95. The van der Waals surface area contributed by atoms with Crippen LogP contribution >= 0.6 is 0 Å². The Bertz CT molecular complexity index is 127. The molecule has 0 spiro atoms. The molecular weight excluding hydrogens is 128 g/mol. The van der Waals surface area contributed by atoms with Gasteiger partial charge in [0.05, 0.1) is 0 Å². The zero-order valence-corrected chi connectivity index (χ0v) is 6.97. The summed E-state index contributed by atoms with van der Waals surface area (Å²) in [5.41, 5.74) is 0. The summed E-state index contributed by atoms with van der Waals surface area (Å²) in [7, 11) is 0. The van der Waals surface area contributed by atoms with Crippen LogP contribution in [0.2, 0.25) is 0 Å². The molecule has 0 heterocycles. The standard InChI is InChI=1S/C8H14O2/c1-5(2)7(9)8(10)6(3)4/h5-6H,1-4H3. The fourth-order valence-electron chi connectivity index (χ4n) is 0.569. The van der Waals surface area contributed by atoms with Gasteiger partial charge in [-0.05, 0) is 0 Å². The van der Waals surface area contributed by atoms with Crippen molar-refractivity contribution in [2.45, 2.75) is 27.7 Å². The van der Waals surface area contributed by atoms with E-state index in [9.17, 15) is 9.59 Å². The highest BCUT2D eigenvalue weighted by Crippen LogP contribution is 2.02. The Morgan fingerprint density at radius 1 is 0.800 bits per heavy atom. The average Bonchev–Trinajstić information content (AvgIpc) is 1.84. The lowest BCUT2D eigenvalue weighted by molar-refractivity contribution is -0.140. The fraction of sp³-hybridized carbons (Fsp3) is 0.750. The SMILES string of the molecule is CC(C)C(=O)C(=O)C(C)C. The highest BCUT2D eigenvalue weighted by molar-refractivity contribution is 6.38. The topological polar surface area (TPSA) is 34.1 Å². The maximum atomic E-state index is 10.9. The smallest absolute Gasteiger partial charge is 0.201 e. The third-order valence-corrected chi connectivity index (χ3v) is 1.29. The molecule has 2 nitrogen and oxygen atoms in total. The lowest BCUT2D eigenvalue weighted by Gasteiger charge is -2.04. The van der Waals surface area contributed by atoms with Gasteiger partial charge in [0.25, 0.3) is 0 Å². The summed E-state index contributed by atoms with van der Waals surface area (Å²) in [5.74, 6) is -0.824. The number of rotatable bonds is 3. The quantitative estimate of drug-likeness (QED) is 0.559. The number of hydrogen-bond donors (Lipinski definition) is 0. The molecule has 0 rings (SSSR count). The molecule has 0 saturated carbocycles. The first-order valence-electron chi connectivity index (χ1n) is 3.54. The van der Waals surface area contributed by atoms with Crippen molar-refractivity contribution in [2.75, 3.05) is 0 Å². The van der Waals surface area contributed by atoms with Crippen molar-refractivity contribution in [3.05, 3.63) is 0 Å². The van der Waals surface area contributed by atoms with Gasteiger partial charge in [-0.3, -0.25) is 9.59 Å². The van der Waals surface area contributed by atoms with Crippen molar-refractivity contribution in [3.63, 3.8) is 0 Å². The second-order valence-corrected chi connectivity index (χ2v) is 3.04. The van der Waals surface area contributed by atoms with Crippen molar-refractivity contribution in [1.29, 1.82) is 0 Å². The highest BCUT2D eigenvalue weighted by Gasteiger charge is 2.19. The first-order valence-corrected chi connectivity index (χ1v) is 3.54. The van der Waals surface area contributed by atoms with E-state index >= 15 is 0 Å². The van der Waals surface area contributed by atoms with Crippen molar-refractivity contribution in [2.24, 2.45) is 11.8 Å². The van der Waals surface area contributed by atoms with E-state index in [-0.39, 0.29) is 23.4 Å². The lowest BCUT2D eigenvalue weighted by atomic mass is 9.98. The van der Waals surface area contributed by atoms with Gasteiger partial charge < -0.3 is 0 Å². The fourth-order valence-corrected chi connectivity index (χ4v) is 0.569. The molecule has 10 heavy (non-hydrogen) atoms. The van der Waals surface area contributed by atoms with Crippen LogP contribution < -0.4 is 0 Å². The molecule has 0 aromatic carbocycles. The van der Waals surface area contributed by atoms with Crippen LogP contribution in [-0.4, -0.2) is 11.6 Å². The first kappa shape index (κ1) is 9.34. The number of carbonyl (C=O) groups is 2. The van der Waals surface area contributed by atoms with Crippen LogP contribution in [0.4, 0.5) is 0 Å². The highest BCUT2D eigenvalue weighted by atomic mass is 16.2. The minimum absolute atomic E-state index is 0.157. The monoisotopic (exact) mass is 142 g/mol. The molecular formula is C8H14O2. The maximum Gasteiger partial charge on any atom is 0.201 e. The van der Waals surface area contributed by atoms with Gasteiger partial charge in [-0.25, -0.2) is 0 Å². The molecule has 2 heteroatoms. The molecule has 0 saturated heterocycles. The predicted octanol–water partition coefficient (Wildman–Crippen LogP) is 1.44.